The minimum absolute atomic E-state index is 0.00639. The molecule has 0 fully saturated rings. The molecule has 2 aromatic carbocycles. The second kappa shape index (κ2) is 14.4. The molecule has 3 amide bonds. The Morgan fingerprint density at radius 1 is 1.00 bits per heavy atom. The summed E-state index contributed by atoms with van der Waals surface area (Å²) in [5, 5.41) is 5.05. The van der Waals surface area contributed by atoms with Crippen LogP contribution in [0.1, 0.15) is 43.2 Å². The van der Waals surface area contributed by atoms with Gasteiger partial charge in [-0.2, -0.15) is 0 Å². The van der Waals surface area contributed by atoms with Gasteiger partial charge in [0.25, 0.3) is 0 Å². The SMILES string of the molecule is CCc1ccccc1NC(=O)N(CC(=O)N(CCc1ccc(OC)c(OC)c1)Cc1cccs1)C(C)CC. The third kappa shape index (κ3) is 7.74. The van der Waals surface area contributed by atoms with Crippen LogP contribution < -0.4 is 14.8 Å². The number of anilines is 1. The summed E-state index contributed by atoms with van der Waals surface area (Å²) in [4.78, 5) is 31.7. The number of hydrogen-bond acceptors (Lipinski definition) is 5. The molecule has 0 aliphatic carbocycles. The maximum atomic E-state index is 13.7. The molecular weight excluding hydrogens is 498 g/mol. The number of thiophene rings is 1. The third-order valence-electron chi connectivity index (χ3n) is 6.73. The largest absolute Gasteiger partial charge is 0.493 e. The summed E-state index contributed by atoms with van der Waals surface area (Å²) in [6.07, 6.45) is 2.20. The molecule has 0 bridgehead atoms. The second-order valence-corrected chi connectivity index (χ2v) is 10.2. The van der Waals surface area contributed by atoms with Crippen LogP contribution >= 0.6 is 11.3 Å². The number of hydrogen-bond donors (Lipinski definition) is 1. The van der Waals surface area contributed by atoms with Gasteiger partial charge in [0.15, 0.2) is 11.5 Å². The number of amides is 3. The first kappa shape index (κ1) is 29.0. The Morgan fingerprint density at radius 2 is 1.76 bits per heavy atom. The Morgan fingerprint density at radius 3 is 2.42 bits per heavy atom. The van der Waals surface area contributed by atoms with E-state index in [2.05, 4.69) is 12.2 Å². The summed E-state index contributed by atoms with van der Waals surface area (Å²) in [5.41, 5.74) is 2.88. The van der Waals surface area contributed by atoms with Crippen LogP contribution in [0.4, 0.5) is 10.5 Å². The lowest BCUT2D eigenvalue weighted by atomic mass is 10.1. The van der Waals surface area contributed by atoms with Crippen molar-refractivity contribution in [3.63, 3.8) is 0 Å². The maximum Gasteiger partial charge on any atom is 0.322 e. The van der Waals surface area contributed by atoms with Gasteiger partial charge >= 0.3 is 6.03 Å². The fourth-order valence-corrected chi connectivity index (χ4v) is 4.93. The fourth-order valence-electron chi connectivity index (χ4n) is 4.21. The molecule has 3 rings (SSSR count). The van der Waals surface area contributed by atoms with Crippen molar-refractivity contribution < 1.29 is 19.1 Å². The van der Waals surface area contributed by atoms with Crippen LogP contribution in [0.25, 0.3) is 0 Å². The number of para-hydroxylation sites is 1. The van der Waals surface area contributed by atoms with E-state index in [9.17, 15) is 9.59 Å². The van der Waals surface area contributed by atoms with Crippen molar-refractivity contribution in [1.82, 2.24) is 9.80 Å². The van der Waals surface area contributed by atoms with E-state index in [0.29, 0.717) is 31.0 Å². The normalized spacial score (nSPS) is 11.5. The zero-order valence-electron chi connectivity index (χ0n) is 23.0. The Hall–Kier alpha value is -3.52. The van der Waals surface area contributed by atoms with Crippen molar-refractivity contribution in [2.45, 2.75) is 52.6 Å². The van der Waals surface area contributed by atoms with Gasteiger partial charge in [0.1, 0.15) is 6.54 Å². The van der Waals surface area contributed by atoms with Crippen molar-refractivity contribution in [2.75, 3.05) is 32.6 Å². The Balaban J connectivity index is 1.77. The van der Waals surface area contributed by atoms with Crippen molar-refractivity contribution in [3.05, 3.63) is 76.0 Å². The summed E-state index contributed by atoms with van der Waals surface area (Å²) >= 11 is 1.62. The summed E-state index contributed by atoms with van der Waals surface area (Å²) in [5.74, 6) is 1.24. The molecule has 0 aliphatic rings. The van der Waals surface area contributed by atoms with Gasteiger partial charge in [-0.1, -0.05) is 44.2 Å². The first-order valence-electron chi connectivity index (χ1n) is 13.1. The number of benzene rings is 2. The molecule has 3 aromatic rings. The van der Waals surface area contributed by atoms with Gasteiger partial charge in [-0.05, 0) is 67.0 Å². The minimum atomic E-state index is -0.260. The summed E-state index contributed by atoms with van der Waals surface area (Å²) in [6.45, 7) is 7.08. The van der Waals surface area contributed by atoms with Gasteiger partial charge in [0.2, 0.25) is 5.91 Å². The number of urea groups is 1. The number of rotatable bonds is 13. The van der Waals surface area contributed by atoms with Crippen molar-refractivity contribution >= 4 is 29.0 Å². The lowest BCUT2D eigenvalue weighted by Crippen LogP contribution is -2.48. The van der Waals surface area contributed by atoms with Crippen LogP contribution in [0.15, 0.2) is 60.0 Å². The molecule has 1 unspecified atom stereocenters. The number of nitrogens with one attached hydrogen (secondary N) is 1. The molecule has 7 nitrogen and oxygen atoms in total. The van der Waals surface area contributed by atoms with E-state index < -0.39 is 0 Å². The van der Waals surface area contributed by atoms with E-state index in [0.717, 1.165) is 34.5 Å². The molecule has 0 spiro atoms. The molecule has 1 N–H and O–H groups in total. The van der Waals surface area contributed by atoms with Crippen molar-refractivity contribution in [1.29, 1.82) is 0 Å². The Kier molecular flexibility index (Phi) is 11.0. The molecule has 1 aromatic heterocycles. The highest BCUT2D eigenvalue weighted by Crippen LogP contribution is 2.28. The van der Waals surface area contributed by atoms with E-state index >= 15 is 0 Å². The lowest BCUT2D eigenvalue weighted by Gasteiger charge is -2.31. The zero-order chi connectivity index (χ0) is 27.5. The third-order valence-corrected chi connectivity index (χ3v) is 7.59. The van der Waals surface area contributed by atoms with E-state index in [4.69, 9.17) is 9.47 Å². The molecule has 1 heterocycles. The highest BCUT2D eigenvalue weighted by atomic mass is 32.1. The standard InChI is InChI=1S/C30H39N3O4S/c1-6-22(3)33(30(35)31-26-13-9-8-11-24(26)7-2)21-29(34)32(20-25-12-10-18-38-25)17-16-23-14-15-27(36-4)28(19-23)37-5/h8-15,18-19,22H,6-7,16-17,20-21H2,1-5H3,(H,31,35). The monoisotopic (exact) mass is 537 g/mol. The molecule has 204 valence electrons. The molecule has 38 heavy (non-hydrogen) atoms. The van der Waals surface area contributed by atoms with E-state index in [1.807, 2.05) is 78.7 Å². The second-order valence-electron chi connectivity index (χ2n) is 9.16. The van der Waals surface area contributed by atoms with Crippen LogP contribution in [0.2, 0.25) is 0 Å². The van der Waals surface area contributed by atoms with E-state index in [-0.39, 0.29) is 24.5 Å². The van der Waals surface area contributed by atoms with Gasteiger partial charge in [-0.25, -0.2) is 4.79 Å². The average Bonchev–Trinajstić information content (AvgIpc) is 3.46. The molecule has 8 heteroatoms. The van der Waals surface area contributed by atoms with Crippen LogP contribution in [-0.4, -0.2) is 55.1 Å². The van der Waals surface area contributed by atoms with Gasteiger partial charge < -0.3 is 24.6 Å². The first-order chi connectivity index (χ1) is 18.4. The predicted molar refractivity (Wildman–Crippen MR) is 154 cm³/mol. The number of carbonyl (C=O) groups excluding carboxylic acids is 2. The quantitative estimate of drug-likeness (QED) is 0.281. The molecule has 0 aliphatic heterocycles. The van der Waals surface area contributed by atoms with Crippen LogP contribution in [0, 0.1) is 0 Å². The number of carbonyl (C=O) groups is 2. The van der Waals surface area contributed by atoms with E-state index in [1.165, 1.54) is 0 Å². The number of ether oxygens (including phenoxy) is 2. The van der Waals surface area contributed by atoms with Gasteiger partial charge in [-0.15, -0.1) is 11.3 Å². The fraction of sp³-hybridized carbons (Fsp3) is 0.400. The lowest BCUT2D eigenvalue weighted by molar-refractivity contribution is -0.132. The van der Waals surface area contributed by atoms with E-state index in [1.54, 1.807) is 30.5 Å². The van der Waals surface area contributed by atoms with Gasteiger partial charge in [-0.3, -0.25) is 4.79 Å². The number of nitrogens with zero attached hydrogens (tertiary/aromatic N) is 2. The summed E-state index contributed by atoms with van der Waals surface area (Å²) in [6, 6.07) is 17.2. The van der Waals surface area contributed by atoms with Gasteiger partial charge in [0, 0.05) is 23.2 Å². The van der Waals surface area contributed by atoms with Crippen molar-refractivity contribution in [2.24, 2.45) is 0 Å². The number of methoxy groups -OCH3 is 2. The Labute approximate surface area is 230 Å². The molecular formula is C30H39N3O4S. The summed E-state index contributed by atoms with van der Waals surface area (Å²) < 4.78 is 10.8. The average molecular weight is 538 g/mol. The highest BCUT2D eigenvalue weighted by Gasteiger charge is 2.25. The van der Waals surface area contributed by atoms with Crippen molar-refractivity contribution in [3.8, 4) is 11.5 Å². The predicted octanol–water partition coefficient (Wildman–Crippen LogP) is 6.23. The molecule has 0 radical (unpaired) electrons. The van der Waals surface area contributed by atoms with Gasteiger partial charge in [0.05, 0.1) is 20.8 Å². The topological polar surface area (TPSA) is 71.1 Å². The van der Waals surface area contributed by atoms with Crippen LogP contribution in [0.3, 0.4) is 0 Å². The highest BCUT2D eigenvalue weighted by molar-refractivity contribution is 7.09. The minimum Gasteiger partial charge on any atom is -0.493 e. The molecule has 1 atom stereocenters. The molecule has 0 saturated carbocycles. The molecule has 0 saturated heterocycles. The Bertz CT molecular complexity index is 1180. The first-order valence-corrected chi connectivity index (χ1v) is 13.9. The zero-order valence-corrected chi connectivity index (χ0v) is 23.8. The van der Waals surface area contributed by atoms with Crippen LogP contribution in [-0.2, 0) is 24.2 Å². The van der Waals surface area contributed by atoms with Crippen LogP contribution in [0.5, 0.6) is 11.5 Å². The maximum absolute atomic E-state index is 13.7. The summed E-state index contributed by atoms with van der Waals surface area (Å²) in [7, 11) is 3.22. The smallest absolute Gasteiger partial charge is 0.322 e. The number of aryl methyl sites for hydroxylation is 1.